The third-order valence-electron chi connectivity index (χ3n) is 3.81. The maximum absolute atomic E-state index is 13.1. The van der Waals surface area contributed by atoms with Crippen LogP contribution in [-0.2, 0) is 14.4 Å². The highest BCUT2D eigenvalue weighted by Crippen LogP contribution is 2.28. The Morgan fingerprint density at radius 3 is 2.52 bits per heavy atom. The summed E-state index contributed by atoms with van der Waals surface area (Å²) in [5.74, 6) is -3.63. The molecule has 1 fully saturated rings. The molecular weight excluding hydrogens is 407 g/mol. The highest BCUT2D eigenvalue weighted by molar-refractivity contribution is 6.39. The molecular formula is C19H12ClFN2O6. The number of nitrogens with zero attached hydrogens (tertiary/aromatic N) is 1. The summed E-state index contributed by atoms with van der Waals surface area (Å²) in [6.45, 7) is -0.655. The lowest BCUT2D eigenvalue weighted by Crippen LogP contribution is -2.54. The molecule has 0 radical (unpaired) electrons. The Morgan fingerprint density at radius 1 is 1.17 bits per heavy atom. The minimum Gasteiger partial charge on any atom is -0.481 e. The van der Waals surface area contributed by atoms with Gasteiger partial charge >= 0.3 is 12.0 Å². The van der Waals surface area contributed by atoms with Gasteiger partial charge in [-0.1, -0.05) is 11.6 Å². The van der Waals surface area contributed by atoms with E-state index in [4.69, 9.17) is 21.4 Å². The molecule has 3 rings (SSSR count). The highest BCUT2D eigenvalue weighted by atomic mass is 35.5. The summed E-state index contributed by atoms with van der Waals surface area (Å²) in [4.78, 5) is 48.6. The topological polar surface area (TPSA) is 113 Å². The summed E-state index contributed by atoms with van der Waals surface area (Å²) in [6.07, 6.45) is 1.13. The molecule has 0 spiro atoms. The number of imide groups is 2. The standard InChI is InChI=1S/C19H12ClFN2O6/c20-11-1-6-15(29-9-16(24)25)10(7-11)8-14-17(26)22-19(28)23(18(14)27)13-4-2-12(21)3-5-13/h1-8H,9H2,(H,24,25)(H,22,26,28)/b14-8+. The summed E-state index contributed by atoms with van der Waals surface area (Å²) < 4.78 is 18.3. The van der Waals surface area contributed by atoms with Crippen molar-refractivity contribution in [2.75, 3.05) is 11.5 Å². The van der Waals surface area contributed by atoms with Gasteiger partial charge < -0.3 is 9.84 Å². The predicted molar refractivity (Wildman–Crippen MR) is 100.0 cm³/mol. The van der Waals surface area contributed by atoms with Crippen molar-refractivity contribution in [1.29, 1.82) is 0 Å². The third-order valence-corrected chi connectivity index (χ3v) is 4.04. The van der Waals surface area contributed by atoms with E-state index in [0.717, 1.165) is 18.2 Å². The Morgan fingerprint density at radius 2 is 1.86 bits per heavy atom. The fraction of sp³-hybridized carbons (Fsp3) is 0.0526. The predicted octanol–water partition coefficient (Wildman–Crippen LogP) is 2.61. The fourth-order valence-electron chi connectivity index (χ4n) is 2.54. The van der Waals surface area contributed by atoms with Crippen LogP contribution < -0.4 is 15.0 Å². The van der Waals surface area contributed by atoms with Crippen molar-refractivity contribution in [2.24, 2.45) is 0 Å². The summed E-state index contributed by atoms with van der Waals surface area (Å²) in [5.41, 5.74) is -0.206. The molecule has 1 aliphatic rings. The van der Waals surface area contributed by atoms with Gasteiger partial charge in [0.25, 0.3) is 11.8 Å². The van der Waals surface area contributed by atoms with Crippen molar-refractivity contribution in [1.82, 2.24) is 5.32 Å². The molecule has 0 aliphatic carbocycles. The first-order valence-corrected chi connectivity index (χ1v) is 8.45. The van der Waals surface area contributed by atoms with E-state index in [1.807, 2.05) is 5.32 Å². The molecule has 2 aromatic carbocycles. The van der Waals surface area contributed by atoms with Crippen LogP contribution in [-0.4, -0.2) is 35.5 Å². The van der Waals surface area contributed by atoms with Crippen molar-refractivity contribution in [3.63, 3.8) is 0 Å². The van der Waals surface area contributed by atoms with Gasteiger partial charge in [-0.15, -0.1) is 0 Å². The van der Waals surface area contributed by atoms with Crippen LogP contribution in [0.25, 0.3) is 6.08 Å². The summed E-state index contributed by atoms with van der Waals surface area (Å²) in [6, 6.07) is 7.74. The lowest BCUT2D eigenvalue weighted by Gasteiger charge is -2.26. The number of nitrogens with one attached hydrogen (secondary N) is 1. The first-order chi connectivity index (χ1) is 13.8. The lowest BCUT2D eigenvalue weighted by molar-refractivity contribution is -0.139. The molecule has 0 unspecified atom stereocenters. The Labute approximate surface area is 168 Å². The molecule has 0 atom stereocenters. The first kappa shape index (κ1) is 20.0. The summed E-state index contributed by atoms with van der Waals surface area (Å²) in [7, 11) is 0. The molecule has 0 aromatic heterocycles. The number of carbonyl (C=O) groups is 4. The van der Waals surface area contributed by atoms with E-state index in [-0.39, 0.29) is 22.0 Å². The number of carboxylic acid groups (broad SMARTS) is 1. The second kappa shape index (κ2) is 8.11. The number of barbiturate groups is 1. The first-order valence-electron chi connectivity index (χ1n) is 8.07. The average Bonchev–Trinajstić information content (AvgIpc) is 2.65. The van der Waals surface area contributed by atoms with Crippen LogP contribution in [0.5, 0.6) is 5.75 Å². The van der Waals surface area contributed by atoms with E-state index in [0.29, 0.717) is 4.90 Å². The zero-order chi connectivity index (χ0) is 21.1. The molecule has 8 nitrogen and oxygen atoms in total. The van der Waals surface area contributed by atoms with Gasteiger partial charge in [0.1, 0.15) is 17.1 Å². The number of ether oxygens (including phenoxy) is 1. The van der Waals surface area contributed by atoms with Gasteiger partial charge in [0, 0.05) is 10.6 Å². The maximum atomic E-state index is 13.1. The molecule has 0 bridgehead atoms. The molecule has 1 heterocycles. The molecule has 1 saturated heterocycles. The van der Waals surface area contributed by atoms with Crippen molar-refractivity contribution in [2.45, 2.75) is 0 Å². The third kappa shape index (κ3) is 4.41. The van der Waals surface area contributed by atoms with E-state index in [1.165, 1.54) is 30.3 Å². The zero-order valence-electron chi connectivity index (χ0n) is 14.5. The van der Waals surface area contributed by atoms with E-state index in [9.17, 15) is 23.6 Å². The van der Waals surface area contributed by atoms with Crippen LogP contribution in [0.4, 0.5) is 14.9 Å². The zero-order valence-corrected chi connectivity index (χ0v) is 15.3. The van der Waals surface area contributed by atoms with Crippen molar-refractivity contribution >= 4 is 47.2 Å². The van der Waals surface area contributed by atoms with Crippen LogP contribution in [0.15, 0.2) is 48.0 Å². The number of halogens is 2. The fourth-order valence-corrected chi connectivity index (χ4v) is 2.72. The van der Waals surface area contributed by atoms with Gasteiger partial charge in [-0.25, -0.2) is 18.9 Å². The number of carbonyl (C=O) groups excluding carboxylic acids is 3. The quantitative estimate of drug-likeness (QED) is 0.570. The minimum absolute atomic E-state index is 0.0562. The molecule has 29 heavy (non-hydrogen) atoms. The molecule has 0 saturated carbocycles. The van der Waals surface area contributed by atoms with Gasteiger partial charge in [0.15, 0.2) is 6.61 Å². The number of rotatable bonds is 5. The van der Waals surface area contributed by atoms with Crippen LogP contribution in [0.3, 0.4) is 0 Å². The van der Waals surface area contributed by atoms with Crippen LogP contribution in [0, 0.1) is 5.82 Å². The van der Waals surface area contributed by atoms with Crippen LogP contribution in [0.1, 0.15) is 5.56 Å². The Bertz CT molecular complexity index is 1050. The molecule has 4 amide bonds. The smallest absolute Gasteiger partial charge is 0.341 e. The number of hydrogen-bond donors (Lipinski definition) is 2. The molecule has 148 valence electrons. The second-order valence-corrected chi connectivity index (χ2v) is 6.24. The van der Waals surface area contributed by atoms with E-state index < -0.39 is 41.8 Å². The second-order valence-electron chi connectivity index (χ2n) is 5.80. The monoisotopic (exact) mass is 418 g/mol. The Hall–Kier alpha value is -3.72. The average molecular weight is 419 g/mol. The SMILES string of the molecule is O=C(O)COc1ccc(Cl)cc1/C=C1\C(=O)NC(=O)N(c2ccc(F)cc2)C1=O. The van der Waals surface area contributed by atoms with Crippen LogP contribution >= 0.6 is 11.6 Å². The minimum atomic E-state index is -1.22. The van der Waals surface area contributed by atoms with E-state index in [1.54, 1.807) is 0 Å². The van der Waals surface area contributed by atoms with Gasteiger partial charge in [0.2, 0.25) is 0 Å². The van der Waals surface area contributed by atoms with Crippen LogP contribution in [0.2, 0.25) is 5.02 Å². The van der Waals surface area contributed by atoms with Gasteiger partial charge in [0.05, 0.1) is 5.69 Å². The molecule has 2 aromatic rings. The number of urea groups is 1. The maximum Gasteiger partial charge on any atom is 0.341 e. The number of benzene rings is 2. The largest absolute Gasteiger partial charge is 0.481 e. The molecule has 2 N–H and O–H groups in total. The van der Waals surface area contributed by atoms with Crippen molar-refractivity contribution < 1.29 is 33.4 Å². The van der Waals surface area contributed by atoms with Crippen molar-refractivity contribution in [3.05, 3.63) is 64.4 Å². The Balaban J connectivity index is 2.01. The summed E-state index contributed by atoms with van der Waals surface area (Å²) >= 11 is 5.95. The van der Waals surface area contributed by atoms with E-state index in [2.05, 4.69) is 0 Å². The normalized spacial score (nSPS) is 15.4. The van der Waals surface area contributed by atoms with E-state index >= 15 is 0 Å². The molecule has 1 aliphatic heterocycles. The number of anilines is 1. The number of amides is 4. The number of aliphatic carboxylic acids is 1. The van der Waals surface area contributed by atoms with Crippen molar-refractivity contribution in [3.8, 4) is 5.75 Å². The highest BCUT2D eigenvalue weighted by Gasteiger charge is 2.37. The number of hydrogen-bond acceptors (Lipinski definition) is 5. The Kier molecular flexibility index (Phi) is 5.60. The molecule has 10 heteroatoms. The van der Waals surface area contributed by atoms with Gasteiger partial charge in [-0.3, -0.25) is 14.9 Å². The number of carboxylic acids is 1. The lowest BCUT2D eigenvalue weighted by atomic mass is 10.1. The van der Waals surface area contributed by atoms with Gasteiger partial charge in [-0.05, 0) is 48.5 Å². The van der Waals surface area contributed by atoms with Gasteiger partial charge in [-0.2, -0.15) is 0 Å². The summed E-state index contributed by atoms with van der Waals surface area (Å²) in [5, 5.41) is 11.0.